The number of carbonyl (C=O) groups excluding carboxylic acids is 1. The quantitative estimate of drug-likeness (QED) is 0.736. The summed E-state index contributed by atoms with van der Waals surface area (Å²) < 4.78 is 53.1. The van der Waals surface area contributed by atoms with E-state index in [1.54, 1.807) is 0 Å². The number of aromatic nitrogens is 1. The van der Waals surface area contributed by atoms with Crippen LogP contribution in [-0.2, 0) is 11.0 Å². The van der Waals surface area contributed by atoms with Crippen molar-refractivity contribution in [1.29, 1.82) is 0 Å². The van der Waals surface area contributed by atoms with Crippen LogP contribution in [0.1, 0.15) is 31.2 Å². The van der Waals surface area contributed by atoms with E-state index in [4.69, 9.17) is 0 Å². The monoisotopic (exact) mass is 378 g/mol. The van der Waals surface area contributed by atoms with Crippen molar-refractivity contribution in [3.05, 3.63) is 47.9 Å². The minimum absolute atomic E-state index is 0.00253. The lowest BCUT2D eigenvalue weighted by Crippen LogP contribution is -2.35. The Morgan fingerprint density at radius 3 is 2.41 bits per heavy atom. The van der Waals surface area contributed by atoms with Crippen molar-refractivity contribution >= 4 is 11.6 Å². The lowest BCUT2D eigenvalue weighted by Gasteiger charge is -2.34. The summed E-state index contributed by atoms with van der Waals surface area (Å²) in [5.74, 6) is 0.505. The number of nitrogens with one attached hydrogen (secondary N) is 1. The lowest BCUT2D eigenvalue weighted by atomic mass is 9.72. The number of hydrogen-bond donors (Lipinski definition) is 1. The van der Waals surface area contributed by atoms with Gasteiger partial charge in [-0.05, 0) is 67.9 Å². The van der Waals surface area contributed by atoms with Gasteiger partial charge in [-0.3, -0.25) is 9.78 Å². The summed E-state index contributed by atoms with van der Waals surface area (Å²) in [5, 5.41) is 2.72. The normalized spacial score (nSPS) is 22.2. The van der Waals surface area contributed by atoms with Gasteiger partial charge in [0.2, 0.25) is 5.91 Å². The van der Waals surface area contributed by atoms with E-state index in [9.17, 15) is 22.4 Å². The first-order valence-electron chi connectivity index (χ1n) is 8.95. The maximum absolute atomic E-state index is 13.3. The molecule has 1 heterocycles. The van der Waals surface area contributed by atoms with Crippen LogP contribution in [0.5, 0.6) is 0 Å². The lowest BCUT2D eigenvalue weighted by molar-refractivity contribution is -0.137. The first kappa shape index (κ1) is 17.9. The molecule has 2 saturated carbocycles. The van der Waals surface area contributed by atoms with Crippen molar-refractivity contribution in [2.45, 2.75) is 31.9 Å². The highest BCUT2D eigenvalue weighted by atomic mass is 19.4. The Hall–Kier alpha value is -2.44. The number of nitrogens with zero attached hydrogens (tertiary/aromatic N) is 1. The number of halogens is 4. The summed E-state index contributed by atoms with van der Waals surface area (Å²) >= 11 is 0. The molecule has 0 unspecified atom stereocenters. The van der Waals surface area contributed by atoms with Gasteiger partial charge >= 0.3 is 6.18 Å². The molecule has 0 saturated heterocycles. The van der Waals surface area contributed by atoms with Gasteiger partial charge in [-0.2, -0.15) is 13.2 Å². The predicted octanol–water partition coefficient (Wildman–Crippen LogP) is 5.28. The van der Waals surface area contributed by atoms with Crippen molar-refractivity contribution in [3.8, 4) is 11.3 Å². The molecule has 27 heavy (non-hydrogen) atoms. The van der Waals surface area contributed by atoms with Crippen molar-refractivity contribution in [2.24, 2.45) is 17.8 Å². The first-order chi connectivity index (χ1) is 12.8. The van der Waals surface area contributed by atoms with E-state index in [1.807, 2.05) is 0 Å². The van der Waals surface area contributed by atoms with Crippen molar-refractivity contribution in [1.82, 2.24) is 4.98 Å². The molecule has 2 aliphatic carbocycles. The Kier molecular flexibility index (Phi) is 4.40. The molecule has 0 aliphatic heterocycles. The van der Waals surface area contributed by atoms with E-state index < -0.39 is 17.6 Å². The van der Waals surface area contributed by atoms with Crippen molar-refractivity contribution in [3.63, 3.8) is 0 Å². The molecule has 0 bridgehead atoms. The molecular weight excluding hydrogens is 360 g/mol. The zero-order chi connectivity index (χ0) is 19.2. The van der Waals surface area contributed by atoms with Crippen LogP contribution in [0.15, 0.2) is 36.5 Å². The fourth-order valence-corrected chi connectivity index (χ4v) is 3.69. The molecule has 1 N–H and O–H groups in total. The number of benzene rings is 1. The van der Waals surface area contributed by atoms with E-state index >= 15 is 0 Å². The molecule has 4 rings (SSSR count). The maximum Gasteiger partial charge on any atom is 0.417 e. The molecule has 142 valence electrons. The van der Waals surface area contributed by atoms with E-state index in [0.717, 1.165) is 37.1 Å². The molecule has 1 aromatic carbocycles. The highest BCUT2D eigenvalue weighted by molar-refractivity contribution is 5.94. The average Bonchev–Trinajstić information content (AvgIpc) is 3.38. The van der Waals surface area contributed by atoms with Crippen LogP contribution in [0.25, 0.3) is 11.3 Å². The van der Waals surface area contributed by atoms with E-state index in [1.165, 1.54) is 31.0 Å². The molecule has 2 fully saturated rings. The summed E-state index contributed by atoms with van der Waals surface area (Å²) in [4.78, 5) is 16.1. The van der Waals surface area contributed by atoms with Gasteiger partial charge in [0.15, 0.2) is 0 Å². The third-order valence-corrected chi connectivity index (χ3v) is 5.43. The molecule has 0 atom stereocenters. The number of alkyl halides is 3. The first-order valence-corrected chi connectivity index (χ1v) is 8.95. The Labute approximate surface area is 153 Å². The predicted molar refractivity (Wildman–Crippen MR) is 92.2 cm³/mol. The van der Waals surface area contributed by atoms with Crippen molar-refractivity contribution in [2.75, 3.05) is 5.32 Å². The van der Waals surface area contributed by atoms with Crippen molar-refractivity contribution < 1.29 is 22.4 Å². The van der Waals surface area contributed by atoms with Gasteiger partial charge in [0.1, 0.15) is 5.82 Å². The summed E-state index contributed by atoms with van der Waals surface area (Å²) in [6, 6.07) is 5.66. The largest absolute Gasteiger partial charge is 0.417 e. The second-order valence-electron chi connectivity index (χ2n) is 7.37. The third kappa shape index (κ3) is 3.82. The fourth-order valence-electron chi connectivity index (χ4n) is 3.69. The Morgan fingerprint density at radius 2 is 1.81 bits per heavy atom. The Bertz CT molecular complexity index is 853. The van der Waals surface area contributed by atoms with Crippen LogP contribution < -0.4 is 5.32 Å². The number of anilines is 1. The summed E-state index contributed by atoms with van der Waals surface area (Å²) in [5.41, 5.74) is -0.789. The van der Waals surface area contributed by atoms with Gasteiger partial charge in [-0.15, -0.1) is 0 Å². The second kappa shape index (κ2) is 6.62. The summed E-state index contributed by atoms with van der Waals surface area (Å²) in [7, 11) is 0. The molecule has 3 nitrogen and oxygen atoms in total. The zero-order valence-corrected chi connectivity index (χ0v) is 14.4. The minimum Gasteiger partial charge on any atom is -0.326 e. The van der Waals surface area contributed by atoms with Gasteiger partial charge in [-0.1, -0.05) is 0 Å². The number of hydrogen-bond acceptors (Lipinski definition) is 2. The molecule has 7 heteroatoms. The van der Waals surface area contributed by atoms with Crippen LogP contribution >= 0.6 is 0 Å². The number of rotatable bonds is 4. The van der Waals surface area contributed by atoms with Gasteiger partial charge in [0.05, 0.1) is 17.5 Å². The summed E-state index contributed by atoms with van der Waals surface area (Å²) in [6.45, 7) is 0. The van der Waals surface area contributed by atoms with Crippen LogP contribution in [0.3, 0.4) is 0 Å². The van der Waals surface area contributed by atoms with Crippen LogP contribution in [-0.4, -0.2) is 10.9 Å². The van der Waals surface area contributed by atoms with Gasteiger partial charge in [-0.25, -0.2) is 4.39 Å². The van der Waals surface area contributed by atoms with E-state index in [-0.39, 0.29) is 28.8 Å². The zero-order valence-electron chi connectivity index (χ0n) is 14.4. The maximum atomic E-state index is 13.3. The van der Waals surface area contributed by atoms with Crippen LogP contribution in [0.4, 0.5) is 23.2 Å². The van der Waals surface area contributed by atoms with Crippen LogP contribution in [0, 0.1) is 23.6 Å². The average molecular weight is 378 g/mol. The SMILES string of the molecule is O=C(Nc1ccc(C(F)(F)F)c(-c2ccc(F)cn2)c1)[C@H]1C[C@@H](C2CC2)C1. The smallest absolute Gasteiger partial charge is 0.326 e. The number of amides is 1. The third-order valence-electron chi connectivity index (χ3n) is 5.43. The molecule has 2 aromatic rings. The molecule has 1 amide bonds. The molecule has 0 radical (unpaired) electrons. The van der Waals surface area contributed by atoms with Gasteiger partial charge in [0, 0.05) is 17.2 Å². The molecule has 2 aliphatic rings. The molecular formula is C20H18F4N2O. The minimum atomic E-state index is -4.58. The summed E-state index contributed by atoms with van der Waals surface area (Å²) in [6.07, 6.45) is 0.470. The standard InChI is InChI=1S/C20H18F4N2O/c21-14-3-6-18(25-10-14)16-9-15(4-5-17(16)20(22,23)24)26-19(27)13-7-12(8-13)11-1-2-11/h3-6,9-13H,1-2,7-8H2,(H,26,27)/t12-,13+. The Balaban J connectivity index is 1.55. The fraction of sp³-hybridized carbons (Fsp3) is 0.400. The van der Waals surface area contributed by atoms with Gasteiger partial charge in [0.25, 0.3) is 0 Å². The number of pyridine rings is 1. The van der Waals surface area contributed by atoms with Gasteiger partial charge < -0.3 is 5.32 Å². The Morgan fingerprint density at radius 1 is 1.07 bits per heavy atom. The number of carbonyl (C=O) groups is 1. The molecule has 1 aromatic heterocycles. The highest BCUT2D eigenvalue weighted by Gasteiger charge is 2.43. The van der Waals surface area contributed by atoms with E-state index in [2.05, 4.69) is 10.3 Å². The molecule has 0 spiro atoms. The second-order valence-corrected chi connectivity index (χ2v) is 7.37. The highest BCUT2D eigenvalue weighted by Crippen LogP contribution is 2.49. The topological polar surface area (TPSA) is 42.0 Å². The van der Waals surface area contributed by atoms with Crippen LogP contribution in [0.2, 0.25) is 0 Å². The van der Waals surface area contributed by atoms with E-state index in [0.29, 0.717) is 5.92 Å².